The molecule has 0 heterocycles. The molecule has 0 aliphatic rings. The SMILES string of the molecule is CCCCNCB(F)F. The van der Waals surface area contributed by atoms with Gasteiger partial charge in [-0.25, -0.2) is 0 Å². The molecule has 0 unspecified atom stereocenters. The van der Waals surface area contributed by atoms with Crippen LogP contribution in [-0.2, 0) is 0 Å². The average Bonchev–Trinajstić information content (AvgIpc) is 1.80. The first-order valence-electron chi connectivity index (χ1n) is 3.26. The Hall–Kier alpha value is -0.115. The Labute approximate surface area is 55.0 Å². The second-order valence-corrected chi connectivity index (χ2v) is 1.95. The summed E-state index contributed by atoms with van der Waals surface area (Å²) in [5.74, 6) is 0. The van der Waals surface area contributed by atoms with Gasteiger partial charge in [0.15, 0.2) is 0 Å². The highest BCUT2D eigenvalue weighted by Gasteiger charge is 2.09. The van der Waals surface area contributed by atoms with Gasteiger partial charge in [0, 0.05) is 6.44 Å². The monoisotopic (exact) mass is 135 g/mol. The molecule has 54 valence electrons. The van der Waals surface area contributed by atoms with Crippen LogP contribution in [0, 0.1) is 0 Å². The summed E-state index contributed by atoms with van der Waals surface area (Å²) in [6.07, 6.45) is 1.86. The Bertz CT molecular complexity index is 60.9. The molecule has 0 rings (SSSR count). The van der Waals surface area contributed by atoms with E-state index >= 15 is 0 Å². The molecule has 0 aromatic heterocycles. The van der Waals surface area contributed by atoms with Crippen molar-refractivity contribution in [1.29, 1.82) is 0 Å². The van der Waals surface area contributed by atoms with Crippen LogP contribution in [0.5, 0.6) is 0 Å². The summed E-state index contributed by atoms with van der Waals surface area (Å²) in [4.78, 5) is 0. The van der Waals surface area contributed by atoms with Gasteiger partial charge >= 0.3 is 7.27 Å². The van der Waals surface area contributed by atoms with Crippen molar-refractivity contribution in [2.45, 2.75) is 19.8 Å². The molecule has 0 atom stereocenters. The van der Waals surface area contributed by atoms with E-state index in [1.165, 1.54) is 0 Å². The third-order valence-corrected chi connectivity index (χ3v) is 1.01. The van der Waals surface area contributed by atoms with Crippen molar-refractivity contribution < 1.29 is 8.63 Å². The Morgan fingerprint density at radius 2 is 2.11 bits per heavy atom. The van der Waals surface area contributed by atoms with E-state index in [1.807, 2.05) is 6.92 Å². The minimum atomic E-state index is -2.21. The molecule has 0 amide bonds. The van der Waals surface area contributed by atoms with Crippen LogP contribution in [0.25, 0.3) is 0 Å². The van der Waals surface area contributed by atoms with Crippen molar-refractivity contribution >= 4 is 7.27 Å². The maximum absolute atomic E-state index is 11.4. The van der Waals surface area contributed by atoms with Gasteiger partial charge in [0.05, 0.1) is 0 Å². The van der Waals surface area contributed by atoms with Crippen LogP contribution < -0.4 is 5.32 Å². The lowest BCUT2D eigenvalue weighted by molar-refractivity contribution is 0.609. The fourth-order valence-corrected chi connectivity index (χ4v) is 0.513. The van der Waals surface area contributed by atoms with Gasteiger partial charge in [-0.05, 0) is 13.0 Å². The van der Waals surface area contributed by atoms with E-state index < -0.39 is 7.27 Å². The second kappa shape index (κ2) is 6.01. The van der Waals surface area contributed by atoms with Gasteiger partial charge in [0.1, 0.15) is 0 Å². The van der Waals surface area contributed by atoms with Crippen LogP contribution in [0.1, 0.15) is 19.8 Å². The molecule has 0 aromatic carbocycles. The number of halogens is 2. The highest BCUT2D eigenvalue weighted by Crippen LogP contribution is 1.84. The highest BCUT2D eigenvalue weighted by atomic mass is 19.2. The molecule has 0 aliphatic carbocycles. The van der Waals surface area contributed by atoms with E-state index in [1.54, 1.807) is 0 Å². The predicted molar refractivity (Wildman–Crippen MR) is 35.7 cm³/mol. The van der Waals surface area contributed by atoms with Crippen molar-refractivity contribution in [1.82, 2.24) is 5.32 Å². The Morgan fingerprint density at radius 1 is 1.44 bits per heavy atom. The number of rotatable bonds is 5. The molecule has 0 bridgehead atoms. The molecule has 0 aromatic rings. The minimum absolute atomic E-state index is 0.167. The van der Waals surface area contributed by atoms with E-state index in [2.05, 4.69) is 5.32 Å². The summed E-state index contributed by atoms with van der Waals surface area (Å²) >= 11 is 0. The van der Waals surface area contributed by atoms with E-state index in [4.69, 9.17) is 0 Å². The molecule has 1 N–H and O–H groups in total. The first-order chi connectivity index (χ1) is 4.27. The van der Waals surface area contributed by atoms with E-state index in [9.17, 15) is 8.63 Å². The van der Waals surface area contributed by atoms with Gasteiger partial charge in [-0.1, -0.05) is 13.3 Å². The molecule has 4 heteroatoms. The molecule has 0 aliphatic heterocycles. The van der Waals surface area contributed by atoms with Crippen LogP contribution in [-0.4, -0.2) is 20.3 Å². The average molecular weight is 135 g/mol. The number of hydrogen-bond donors (Lipinski definition) is 1. The van der Waals surface area contributed by atoms with Gasteiger partial charge in [0.2, 0.25) is 0 Å². The zero-order valence-electron chi connectivity index (χ0n) is 5.66. The third kappa shape index (κ3) is 7.88. The molecule has 1 nitrogen and oxygen atoms in total. The van der Waals surface area contributed by atoms with Crippen molar-refractivity contribution in [3.05, 3.63) is 0 Å². The molecular formula is C5H12BF2N. The van der Waals surface area contributed by atoms with Gasteiger partial charge in [-0.3, -0.25) is 8.63 Å². The Kier molecular flexibility index (Phi) is 5.93. The molecule has 0 saturated heterocycles. The minimum Gasteiger partial charge on any atom is -0.318 e. The molecule has 0 fully saturated rings. The first kappa shape index (κ1) is 8.88. The number of hydrogen-bond acceptors (Lipinski definition) is 1. The standard InChI is InChI=1S/C5H12BF2N/c1-2-3-4-9-5-6(7)8/h9H,2-5H2,1H3. The lowest BCUT2D eigenvalue weighted by atomic mass is 10.0. The summed E-state index contributed by atoms with van der Waals surface area (Å²) in [5.41, 5.74) is 0. The Balaban J connectivity index is 2.75. The zero-order valence-corrected chi connectivity index (χ0v) is 5.66. The molecule has 0 saturated carbocycles. The van der Waals surface area contributed by atoms with Crippen LogP contribution >= 0.6 is 0 Å². The molecular weight excluding hydrogens is 123 g/mol. The van der Waals surface area contributed by atoms with Crippen LogP contribution in [0.4, 0.5) is 8.63 Å². The highest BCUT2D eigenvalue weighted by molar-refractivity contribution is 6.42. The summed E-state index contributed by atoms with van der Waals surface area (Å²) in [5, 5.41) is 2.64. The largest absolute Gasteiger partial charge is 0.551 e. The first-order valence-corrected chi connectivity index (χ1v) is 3.26. The summed E-state index contributed by atoms with van der Waals surface area (Å²) in [6.45, 7) is 2.74. The van der Waals surface area contributed by atoms with Gasteiger partial charge in [0.25, 0.3) is 0 Å². The Morgan fingerprint density at radius 3 is 2.56 bits per heavy atom. The molecule has 0 spiro atoms. The van der Waals surface area contributed by atoms with E-state index in [0.29, 0.717) is 6.54 Å². The van der Waals surface area contributed by atoms with Crippen molar-refractivity contribution in [2.75, 3.05) is 13.0 Å². The van der Waals surface area contributed by atoms with Crippen molar-refractivity contribution in [3.8, 4) is 0 Å². The van der Waals surface area contributed by atoms with Crippen LogP contribution in [0.2, 0.25) is 0 Å². The number of nitrogens with one attached hydrogen (secondary N) is 1. The smallest absolute Gasteiger partial charge is 0.318 e. The van der Waals surface area contributed by atoms with Crippen LogP contribution in [0.3, 0.4) is 0 Å². The fourth-order valence-electron chi connectivity index (χ4n) is 0.513. The maximum atomic E-state index is 11.4. The van der Waals surface area contributed by atoms with E-state index in [-0.39, 0.29) is 6.44 Å². The van der Waals surface area contributed by atoms with Crippen molar-refractivity contribution in [2.24, 2.45) is 0 Å². The zero-order chi connectivity index (χ0) is 7.11. The third-order valence-electron chi connectivity index (χ3n) is 1.01. The fraction of sp³-hybridized carbons (Fsp3) is 1.00. The van der Waals surface area contributed by atoms with Gasteiger partial charge in [-0.15, -0.1) is 0 Å². The van der Waals surface area contributed by atoms with Crippen LogP contribution in [0.15, 0.2) is 0 Å². The quantitative estimate of drug-likeness (QED) is 0.443. The second-order valence-electron chi connectivity index (χ2n) is 1.95. The van der Waals surface area contributed by atoms with E-state index in [0.717, 1.165) is 12.8 Å². The molecule has 0 radical (unpaired) electrons. The van der Waals surface area contributed by atoms with Crippen molar-refractivity contribution in [3.63, 3.8) is 0 Å². The predicted octanol–water partition coefficient (Wildman–Crippen LogP) is 1.34. The number of unbranched alkanes of at least 4 members (excludes halogenated alkanes) is 1. The lowest BCUT2D eigenvalue weighted by Gasteiger charge is -1.97. The lowest BCUT2D eigenvalue weighted by Crippen LogP contribution is -2.24. The summed E-state index contributed by atoms with van der Waals surface area (Å²) < 4.78 is 22.8. The van der Waals surface area contributed by atoms with Gasteiger partial charge in [-0.2, -0.15) is 0 Å². The normalized spacial score (nSPS) is 9.67. The summed E-state index contributed by atoms with van der Waals surface area (Å²) in [6, 6.07) is 0. The maximum Gasteiger partial charge on any atom is 0.551 e. The molecule has 9 heavy (non-hydrogen) atoms. The topological polar surface area (TPSA) is 12.0 Å². The van der Waals surface area contributed by atoms with Gasteiger partial charge < -0.3 is 5.32 Å². The summed E-state index contributed by atoms with van der Waals surface area (Å²) in [7, 11) is -2.21.